The Hall–Kier alpha value is -1.40. The summed E-state index contributed by atoms with van der Waals surface area (Å²) in [5, 5.41) is 0.0773. The van der Waals surface area contributed by atoms with Crippen molar-refractivity contribution in [2.45, 2.75) is 0 Å². The third-order valence-corrected chi connectivity index (χ3v) is 1.39. The summed E-state index contributed by atoms with van der Waals surface area (Å²) in [4.78, 5) is 17.1. The first-order valence-corrected chi connectivity index (χ1v) is 3.16. The monoisotopic (exact) mass is 166 g/mol. The molecule has 0 spiro atoms. The molecule has 0 aliphatic carbocycles. The van der Waals surface area contributed by atoms with Crippen molar-refractivity contribution < 1.29 is 4.79 Å². The normalized spacial score (nSPS) is 8.73. The second kappa shape index (κ2) is 3.13. The van der Waals surface area contributed by atoms with Gasteiger partial charge in [-0.25, -0.2) is 4.98 Å². The number of carbonyl (C=O) groups excluding carboxylic acids is 1. The molecule has 0 aromatic carbocycles. The molecule has 0 aliphatic heterocycles. The Morgan fingerprint density at radius 2 is 2.45 bits per heavy atom. The van der Waals surface area contributed by atoms with E-state index in [1.54, 1.807) is 6.07 Å². The minimum atomic E-state index is -0.678. The number of carbonyl (C=O) groups is 1. The van der Waals surface area contributed by atoms with Gasteiger partial charge in [0.15, 0.2) is 0 Å². The molecule has 0 bridgehead atoms. The average molecular weight is 167 g/mol. The average Bonchev–Trinajstić information content (AvgIpc) is 2.04. The van der Waals surface area contributed by atoms with Crippen molar-refractivity contribution >= 4 is 17.5 Å². The maximum absolute atomic E-state index is 10.8. The molecule has 3 nitrogen and oxygen atoms in total. The molecule has 1 amide bonds. The van der Waals surface area contributed by atoms with Gasteiger partial charge in [-0.2, -0.15) is 4.85 Å². The summed E-state index contributed by atoms with van der Waals surface area (Å²) in [5.41, 5.74) is 0.157. The molecule has 4 heteroatoms. The van der Waals surface area contributed by atoms with E-state index in [9.17, 15) is 4.79 Å². The second-order valence-electron chi connectivity index (χ2n) is 1.76. The fourth-order valence-electron chi connectivity index (χ4n) is 0.606. The van der Waals surface area contributed by atoms with Gasteiger partial charge in [0.1, 0.15) is 5.15 Å². The molecule has 0 atom stereocenters. The van der Waals surface area contributed by atoms with Gasteiger partial charge in [0.25, 0.3) is 0 Å². The number of rotatable bonds is 1. The van der Waals surface area contributed by atoms with Crippen molar-refractivity contribution in [1.82, 2.24) is 4.98 Å². The smallest absolute Gasteiger partial charge is 0.310 e. The maximum atomic E-state index is 10.8. The van der Waals surface area contributed by atoms with Crippen LogP contribution in [0.3, 0.4) is 0 Å². The molecule has 1 rings (SSSR count). The zero-order valence-corrected chi connectivity index (χ0v) is 6.17. The Morgan fingerprint density at radius 1 is 1.73 bits per heavy atom. The Bertz CT molecular complexity index is 329. The van der Waals surface area contributed by atoms with Gasteiger partial charge < -0.3 is 4.79 Å². The predicted octanol–water partition coefficient (Wildman–Crippen LogP) is 1.79. The van der Waals surface area contributed by atoms with Crippen LogP contribution in [0.2, 0.25) is 5.15 Å². The molecule has 1 aromatic heterocycles. The molecule has 54 valence electrons. The van der Waals surface area contributed by atoms with Crippen molar-refractivity contribution in [1.29, 1.82) is 0 Å². The topological polar surface area (TPSA) is 34.3 Å². The van der Waals surface area contributed by atoms with E-state index in [-0.39, 0.29) is 10.7 Å². The number of hydrogen-bond donors (Lipinski definition) is 0. The Balaban J connectivity index is 3.16. The summed E-state index contributed by atoms with van der Waals surface area (Å²) in [7, 11) is 0. The molecule has 0 radical (unpaired) electrons. The van der Waals surface area contributed by atoms with E-state index in [0.29, 0.717) is 0 Å². The third kappa shape index (κ3) is 1.54. The molecule has 0 saturated heterocycles. The van der Waals surface area contributed by atoms with Crippen molar-refractivity contribution in [2.24, 2.45) is 0 Å². The van der Waals surface area contributed by atoms with Gasteiger partial charge in [0.2, 0.25) is 0 Å². The summed E-state index contributed by atoms with van der Waals surface area (Å²) < 4.78 is 0. The Labute approximate surface area is 68.4 Å². The van der Waals surface area contributed by atoms with Crippen LogP contribution in [-0.4, -0.2) is 10.9 Å². The van der Waals surface area contributed by atoms with E-state index in [2.05, 4.69) is 9.83 Å². The lowest BCUT2D eigenvalue weighted by Crippen LogP contribution is -1.93. The molecule has 0 aliphatic rings. The number of nitrogens with zero attached hydrogens (tertiary/aromatic N) is 2. The summed E-state index contributed by atoms with van der Waals surface area (Å²) in [6.07, 6.45) is 1.46. The van der Waals surface area contributed by atoms with Gasteiger partial charge in [-0.15, -0.1) is 0 Å². The number of amides is 1. The van der Waals surface area contributed by atoms with Crippen molar-refractivity contribution in [3.05, 3.63) is 40.5 Å². The summed E-state index contributed by atoms with van der Waals surface area (Å²) in [5.74, 6) is -0.678. The fourth-order valence-corrected chi connectivity index (χ4v) is 0.806. The molecule has 1 aromatic rings. The molecular weight excluding hydrogens is 164 g/mol. The molecular formula is C7H3ClN2O. The first kappa shape index (κ1) is 7.70. The summed E-state index contributed by atoms with van der Waals surface area (Å²) in [6.45, 7) is 6.43. The molecule has 11 heavy (non-hydrogen) atoms. The highest BCUT2D eigenvalue weighted by atomic mass is 35.5. The minimum absolute atomic E-state index is 0.0773. The molecule has 0 saturated carbocycles. The van der Waals surface area contributed by atoms with Crippen LogP contribution >= 0.6 is 11.6 Å². The highest BCUT2D eigenvalue weighted by molar-refractivity contribution is 6.33. The summed E-state index contributed by atoms with van der Waals surface area (Å²) >= 11 is 5.52. The minimum Gasteiger partial charge on any atom is -0.310 e. The van der Waals surface area contributed by atoms with E-state index in [4.69, 9.17) is 18.2 Å². The first-order chi connectivity index (χ1) is 5.25. The lowest BCUT2D eigenvalue weighted by atomic mass is 10.3. The number of pyridine rings is 1. The largest absolute Gasteiger partial charge is 0.388 e. The first-order valence-electron chi connectivity index (χ1n) is 2.78. The van der Waals surface area contributed by atoms with Crippen LogP contribution < -0.4 is 0 Å². The summed E-state index contributed by atoms with van der Waals surface area (Å²) in [6, 6.07) is 3.03. The van der Waals surface area contributed by atoms with E-state index in [1.807, 2.05) is 0 Å². The van der Waals surface area contributed by atoms with Crippen LogP contribution in [-0.2, 0) is 0 Å². The van der Waals surface area contributed by atoms with E-state index in [1.165, 1.54) is 12.3 Å². The van der Waals surface area contributed by atoms with Gasteiger partial charge >= 0.3 is 5.91 Å². The van der Waals surface area contributed by atoms with Gasteiger partial charge in [-0.05, 0) is 6.07 Å². The molecule has 0 unspecified atom stereocenters. The molecule has 0 N–H and O–H groups in total. The van der Waals surface area contributed by atoms with Gasteiger partial charge in [0, 0.05) is 6.20 Å². The van der Waals surface area contributed by atoms with Crippen molar-refractivity contribution in [3.8, 4) is 0 Å². The maximum Gasteiger partial charge on any atom is 0.388 e. The standard InChI is InChI=1S/C7H3ClN2O/c1-9-7(11)5-3-2-4-10-6(5)8/h2-4H. The lowest BCUT2D eigenvalue weighted by Gasteiger charge is -1.93. The fraction of sp³-hybridized carbons (Fsp3) is 0. The van der Waals surface area contributed by atoms with Crippen molar-refractivity contribution in [3.63, 3.8) is 0 Å². The number of hydrogen-bond acceptors (Lipinski definition) is 2. The van der Waals surface area contributed by atoms with Gasteiger partial charge in [-0.3, -0.25) is 0 Å². The quantitative estimate of drug-likeness (QED) is 0.471. The van der Waals surface area contributed by atoms with Crippen LogP contribution in [0.5, 0.6) is 0 Å². The molecule has 0 fully saturated rings. The third-order valence-electron chi connectivity index (χ3n) is 1.09. The van der Waals surface area contributed by atoms with Crippen LogP contribution in [0.25, 0.3) is 4.85 Å². The second-order valence-corrected chi connectivity index (χ2v) is 2.12. The zero-order chi connectivity index (χ0) is 8.27. The van der Waals surface area contributed by atoms with Crippen LogP contribution in [0.15, 0.2) is 18.3 Å². The Morgan fingerprint density at radius 3 is 3.00 bits per heavy atom. The van der Waals surface area contributed by atoms with E-state index < -0.39 is 5.91 Å². The SMILES string of the molecule is [C-]#[N+]C(=O)c1cccnc1Cl. The highest BCUT2D eigenvalue weighted by Crippen LogP contribution is 2.11. The zero-order valence-electron chi connectivity index (χ0n) is 5.41. The lowest BCUT2D eigenvalue weighted by molar-refractivity contribution is 0.104. The van der Waals surface area contributed by atoms with Crippen LogP contribution in [0, 0.1) is 6.57 Å². The van der Waals surface area contributed by atoms with Crippen molar-refractivity contribution in [2.75, 3.05) is 0 Å². The number of halogens is 1. The van der Waals surface area contributed by atoms with Gasteiger partial charge in [0.05, 0.1) is 12.1 Å². The van der Waals surface area contributed by atoms with Crippen LogP contribution in [0.1, 0.15) is 10.4 Å². The van der Waals surface area contributed by atoms with Crippen LogP contribution in [0.4, 0.5) is 0 Å². The van der Waals surface area contributed by atoms with Gasteiger partial charge in [-0.1, -0.05) is 17.7 Å². The predicted molar refractivity (Wildman–Crippen MR) is 40.2 cm³/mol. The number of aromatic nitrogens is 1. The Kier molecular flexibility index (Phi) is 2.19. The van der Waals surface area contributed by atoms with E-state index in [0.717, 1.165) is 0 Å². The van der Waals surface area contributed by atoms with E-state index >= 15 is 0 Å². The molecule has 1 heterocycles. The highest BCUT2D eigenvalue weighted by Gasteiger charge is 2.08.